The SMILES string of the molecule is [2H][C@]12C[C@@]1(F)C[C@]1(OP(OCC[N+]#[C-])N(C(C)C)C(C)C)[C@H](F)[C@H](C)O[C@@H]12. The fourth-order valence-electron chi connectivity index (χ4n) is 4.26. The minimum atomic E-state index is -1.76. The van der Waals surface area contributed by atoms with Crippen molar-refractivity contribution in [2.24, 2.45) is 5.89 Å². The van der Waals surface area contributed by atoms with Crippen LogP contribution in [0.4, 0.5) is 8.78 Å². The minimum Gasteiger partial charge on any atom is -0.369 e. The van der Waals surface area contributed by atoms with Crippen LogP contribution in [0.5, 0.6) is 0 Å². The standard InChI is InChI=1S/C18H29F2N2O3P/c1-11(2)22(12(3)4)26(23-8-7-21-6)25-18-10-17(20)9-14(17)16(18)24-13(5)15(18)19/h11-16H,7-10H2,1-5H3/t13-,14+,15+,16+,17+,18-,26?/m0/s1/i14D. The minimum absolute atomic E-state index is 0.0527. The molecule has 5 nitrogen and oxygen atoms in total. The predicted octanol–water partition coefficient (Wildman–Crippen LogP) is 4.28. The molecule has 0 aromatic heterocycles. The van der Waals surface area contributed by atoms with Crippen LogP contribution in [0.25, 0.3) is 4.85 Å². The summed E-state index contributed by atoms with van der Waals surface area (Å²) in [6.07, 6.45) is -3.36. The highest BCUT2D eigenvalue weighted by molar-refractivity contribution is 7.44. The zero-order valence-electron chi connectivity index (χ0n) is 17.0. The van der Waals surface area contributed by atoms with Gasteiger partial charge < -0.3 is 18.6 Å². The first-order chi connectivity index (χ1) is 12.5. The fraction of sp³-hybridized carbons (Fsp3) is 0.944. The number of halogens is 2. The summed E-state index contributed by atoms with van der Waals surface area (Å²) in [6, 6.07) is 0.105. The van der Waals surface area contributed by atoms with E-state index in [1.165, 1.54) is 0 Å². The Morgan fingerprint density at radius 3 is 2.65 bits per heavy atom. The van der Waals surface area contributed by atoms with E-state index < -0.39 is 44.1 Å². The molecule has 0 aromatic carbocycles. The van der Waals surface area contributed by atoms with Crippen LogP contribution < -0.4 is 0 Å². The van der Waals surface area contributed by atoms with Gasteiger partial charge in [0.1, 0.15) is 17.9 Å². The lowest BCUT2D eigenvalue weighted by Crippen LogP contribution is -2.48. The molecular weight excluding hydrogens is 361 g/mol. The van der Waals surface area contributed by atoms with E-state index in [9.17, 15) is 0 Å². The molecule has 0 aromatic rings. The van der Waals surface area contributed by atoms with E-state index in [0.717, 1.165) is 0 Å². The van der Waals surface area contributed by atoms with Gasteiger partial charge in [0.25, 0.3) is 8.53 Å². The molecule has 26 heavy (non-hydrogen) atoms. The highest BCUT2D eigenvalue weighted by Crippen LogP contribution is 2.70. The molecule has 3 rings (SSSR count). The molecule has 0 N–H and O–H groups in total. The smallest absolute Gasteiger partial charge is 0.260 e. The third-order valence-electron chi connectivity index (χ3n) is 5.37. The molecule has 148 valence electrons. The van der Waals surface area contributed by atoms with Gasteiger partial charge in [0.2, 0.25) is 6.54 Å². The van der Waals surface area contributed by atoms with Gasteiger partial charge in [-0.2, -0.15) is 0 Å². The second kappa shape index (κ2) is 7.22. The highest BCUT2D eigenvalue weighted by Gasteiger charge is 2.79. The summed E-state index contributed by atoms with van der Waals surface area (Å²) < 4.78 is 58.6. The molecule has 1 aliphatic heterocycles. The number of alkyl halides is 2. The monoisotopic (exact) mass is 391 g/mol. The van der Waals surface area contributed by atoms with Crippen LogP contribution in [0.1, 0.15) is 48.8 Å². The Balaban J connectivity index is 1.90. The van der Waals surface area contributed by atoms with Crippen molar-refractivity contribution in [1.29, 1.82) is 0 Å². The summed E-state index contributed by atoms with van der Waals surface area (Å²) in [5, 5.41) is 0. The molecule has 7 atom stereocenters. The predicted molar refractivity (Wildman–Crippen MR) is 96.1 cm³/mol. The van der Waals surface area contributed by atoms with Crippen molar-refractivity contribution in [3.63, 3.8) is 0 Å². The van der Waals surface area contributed by atoms with Crippen molar-refractivity contribution in [2.75, 3.05) is 13.2 Å². The first-order valence-electron chi connectivity index (χ1n) is 9.74. The van der Waals surface area contributed by atoms with Gasteiger partial charge >= 0.3 is 0 Å². The lowest BCUT2D eigenvalue weighted by molar-refractivity contribution is -0.0449. The van der Waals surface area contributed by atoms with E-state index in [-0.39, 0.29) is 38.1 Å². The number of hydrogen-bond acceptors (Lipinski definition) is 4. The second-order valence-corrected chi connectivity index (χ2v) is 9.41. The van der Waals surface area contributed by atoms with Crippen LogP contribution >= 0.6 is 8.53 Å². The molecule has 3 fully saturated rings. The van der Waals surface area contributed by atoms with Crippen LogP contribution in [-0.4, -0.2) is 59.6 Å². The van der Waals surface area contributed by atoms with Gasteiger partial charge in [-0.25, -0.2) is 20.0 Å². The topological polar surface area (TPSA) is 35.3 Å². The van der Waals surface area contributed by atoms with Crippen molar-refractivity contribution in [3.05, 3.63) is 11.4 Å². The van der Waals surface area contributed by atoms with Crippen LogP contribution in [0.2, 0.25) is 0 Å². The van der Waals surface area contributed by atoms with Crippen LogP contribution in [0.3, 0.4) is 0 Å². The zero-order valence-corrected chi connectivity index (χ0v) is 16.9. The normalized spacial score (nSPS) is 45.6. The van der Waals surface area contributed by atoms with E-state index in [1.807, 2.05) is 32.4 Å². The van der Waals surface area contributed by atoms with E-state index in [1.54, 1.807) is 6.92 Å². The lowest BCUT2D eigenvalue weighted by atomic mass is 9.90. The van der Waals surface area contributed by atoms with E-state index in [2.05, 4.69) is 4.85 Å². The summed E-state index contributed by atoms with van der Waals surface area (Å²) in [5.41, 5.74) is -3.28. The molecule has 1 heterocycles. The maximum absolute atomic E-state index is 15.3. The summed E-state index contributed by atoms with van der Waals surface area (Å²) >= 11 is 0. The van der Waals surface area contributed by atoms with Gasteiger partial charge in [0.15, 0.2) is 6.17 Å². The number of fused-ring (bicyclic) bond motifs is 3. The number of nitrogens with zero attached hydrogens (tertiary/aromatic N) is 2. The molecule has 0 bridgehead atoms. The first kappa shape index (κ1) is 19.0. The average Bonchev–Trinajstić information content (AvgIpc) is 2.93. The molecule has 8 heteroatoms. The number of rotatable bonds is 8. The van der Waals surface area contributed by atoms with Crippen molar-refractivity contribution >= 4 is 8.53 Å². The Kier molecular flexibility index (Phi) is 5.26. The quantitative estimate of drug-likeness (QED) is 0.352. The molecular formula is C18H29F2N2O3P. The van der Waals surface area contributed by atoms with Gasteiger partial charge in [0.05, 0.1) is 12.2 Å². The molecule has 0 radical (unpaired) electrons. The Morgan fingerprint density at radius 2 is 2.08 bits per heavy atom. The van der Waals surface area contributed by atoms with Crippen molar-refractivity contribution in [3.8, 4) is 0 Å². The van der Waals surface area contributed by atoms with Crippen molar-refractivity contribution in [2.45, 2.75) is 89.2 Å². The van der Waals surface area contributed by atoms with E-state index in [4.69, 9.17) is 21.7 Å². The Morgan fingerprint density at radius 1 is 1.42 bits per heavy atom. The van der Waals surface area contributed by atoms with Crippen LogP contribution in [0.15, 0.2) is 0 Å². The van der Waals surface area contributed by atoms with Crippen LogP contribution in [-0.2, 0) is 13.8 Å². The maximum atomic E-state index is 15.3. The van der Waals surface area contributed by atoms with Crippen molar-refractivity contribution < 1.29 is 23.9 Å². The molecule has 2 aliphatic carbocycles. The number of ether oxygens (including phenoxy) is 1. The van der Waals surface area contributed by atoms with Gasteiger partial charge in [-0.15, -0.1) is 0 Å². The van der Waals surface area contributed by atoms with Gasteiger partial charge in [-0.3, -0.25) is 0 Å². The Labute approximate surface area is 157 Å². The van der Waals surface area contributed by atoms with Gasteiger partial charge in [-0.05, 0) is 41.0 Å². The third kappa shape index (κ3) is 3.29. The Bertz CT molecular complexity index is 616. The molecule has 0 spiro atoms. The largest absolute Gasteiger partial charge is 0.369 e. The molecule has 1 unspecified atom stereocenters. The lowest BCUT2D eigenvalue weighted by Gasteiger charge is -2.41. The molecule has 0 amide bonds. The first-order valence-corrected chi connectivity index (χ1v) is 10.4. The zero-order chi connectivity index (χ0) is 20.2. The second-order valence-electron chi connectivity index (χ2n) is 8.03. The summed E-state index contributed by atoms with van der Waals surface area (Å²) in [5.74, 6) is -1.44. The van der Waals surface area contributed by atoms with E-state index in [0.29, 0.717) is 0 Å². The van der Waals surface area contributed by atoms with E-state index >= 15 is 8.78 Å². The fourth-order valence-corrected chi connectivity index (χ4v) is 6.09. The van der Waals surface area contributed by atoms with Gasteiger partial charge in [0, 0.05) is 25.8 Å². The average molecular weight is 391 g/mol. The Hall–Kier alpha value is -0.380. The maximum Gasteiger partial charge on any atom is 0.260 e. The van der Waals surface area contributed by atoms with Gasteiger partial charge in [-0.1, -0.05) is 0 Å². The number of hydrogen-bond donors (Lipinski definition) is 0. The van der Waals surface area contributed by atoms with Crippen LogP contribution in [0, 0.1) is 12.5 Å². The summed E-state index contributed by atoms with van der Waals surface area (Å²) in [4.78, 5) is 3.29. The molecule has 2 saturated carbocycles. The summed E-state index contributed by atoms with van der Waals surface area (Å²) in [7, 11) is -1.74. The summed E-state index contributed by atoms with van der Waals surface area (Å²) in [6.45, 7) is 16.8. The van der Waals surface area contributed by atoms with Crippen molar-refractivity contribution in [1.82, 2.24) is 4.67 Å². The molecule has 3 aliphatic rings. The molecule has 1 saturated heterocycles. The third-order valence-corrected chi connectivity index (χ3v) is 7.57. The highest BCUT2D eigenvalue weighted by atomic mass is 31.2.